The normalized spacial score (nSPS) is 13.0. The Morgan fingerprint density at radius 2 is 2.09 bits per heavy atom. The minimum absolute atomic E-state index is 0. The Labute approximate surface area is 147 Å². The van der Waals surface area contributed by atoms with E-state index in [9.17, 15) is 4.79 Å². The van der Waals surface area contributed by atoms with Gasteiger partial charge in [0.2, 0.25) is 0 Å². The van der Waals surface area contributed by atoms with Gasteiger partial charge in [0, 0.05) is 30.6 Å². The second-order valence-electron chi connectivity index (χ2n) is 5.68. The molecule has 0 aliphatic carbocycles. The SMILES string of the molecule is CN(CCO)Cc1ccc2c3c(c(=O)[nH]c2c1)CCCN3.Cl.Cl. The number of aromatic nitrogens is 1. The van der Waals surface area contributed by atoms with Gasteiger partial charge >= 0.3 is 0 Å². The van der Waals surface area contributed by atoms with Crippen LogP contribution in [0.2, 0.25) is 0 Å². The van der Waals surface area contributed by atoms with E-state index in [0.717, 1.165) is 53.6 Å². The first kappa shape index (κ1) is 19.8. The Morgan fingerprint density at radius 1 is 1.30 bits per heavy atom. The first-order chi connectivity index (χ1) is 10.2. The van der Waals surface area contributed by atoms with Crippen molar-refractivity contribution in [3.63, 3.8) is 0 Å². The van der Waals surface area contributed by atoms with Crippen LogP contribution in [0.25, 0.3) is 10.9 Å². The molecule has 3 N–H and O–H groups in total. The standard InChI is InChI=1S/C16H21N3O2.2ClH/c1-19(7-8-20)10-11-4-5-12-14(9-11)18-16(21)13-3-2-6-17-15(12)13;;/h4-5,9,17,20H,2-3,6-8,10H2,1H3,(H,18,21);2*1H. The van der Waals surface area contributed by atoms with Crippen molar-refractivity contribution in [3.05, 3.63) is 39.7 Å². The molecule has 0 atom stereocenters. The van der Waals surface area contributed by atoms with Gasteiger partial charge < -0.3 is 15.4 Å². The number of pyridine rings is 1. The van der Waals surface area contributed by atoms with Gasteiger partial charge in [-0.15, -0.1) is 24.8 Å². The molecule has 0 amide bonds. The van der Waals surface area contributed by atoms with Crippen LogP contribution < -0.4 is 10.9 Å². The molecule has 1 aromatic carbocycles. The van der Waals surface area contributed by atoms with Gasteiger partial charge in [0.05, 0.1) is 17.8 Å². The molecule has 0 radical (unpaired) electrons. The van der Waals surface area contributed by atoms with Crippen molar-refractivity contribution in [2.45, 2.75) is 19.4 Å². The lowest BCUT2D eigenvalue weighted by molar-refractivity contribution is 0.217. The molecular weight excluding hydrogens is 337 g/mol. The molecule has 0 saturated heterocycles. The number of likely N-dealkylation sites (N-methyl/N-ethyl adjacent to an activating group) is 1. The van der Waals surface area contributed by atoms with E-state index >= 15 is 0 Å². The summed E-state index contributed by atoms with van der Waals surface area (Å²) in [7, 11) is 1.97. The van der Waals surface area contributed by atoms with Gasteiger partial charge in [-0.1, -0.05) is 12.1 Å². The highest BCUT2D eigenvalue weighted by atomic mass is 35.5. The van der Waals surface area contributed by atoms with Crippen LogP contribution in [0.15, 0.2) is 23.0 Å². The molecule has 0 spiro atoms. The number of aliphatic hydroxyl groups is 1. The summed E-state index contributed by atoms with van der Waals surface area (Å²) in [5, 5.41) is 13.4. The number of hydrogen-bond acceptors (Lipinski definition) is 4. The molecular formula is C16H23Cl2N3O2. The van der Waals surface area contributed by atoms with E-state index in [1.165, 1.54) is 0 Å². The third kappa shape index (κ3) is 4.18. The summed E-state index contributed by atoms with van der Waals surface area (Å²) in [4.78, 5) is 17.2. The van der Waals surface area contributed by atoms with Crippen molar-refractivity contribution in [1.29, 1.82) is 0 Å². The van der Waals surface area contributed by atoms with Crippen LogP contribution in [-0.2, 0) is 13.0 Å². The quantitative estimate of drug-likeness (QED) is 0.782. The van der Waals surface area contributed by atoms with Gasteiger partial charge in [-0.2, -0.15) is 0 Å². The largest absolute Gasteiger partial charge is 0.395 e. The monoisotopic (exact) mass is 359 g/mol. The van der Waals surface area contributed by atoms with E-state index in [1.54, 1.807) is 0 Å². The smallest absolute Gasteiger partial charge is 0.253 e. The molecule has 5 nitrogen and oxygen atoms in total. The molecule has 0 saturated carbocycles. The van der Waals surface area contributed by atoms with E-state index in [1.807, 2.05) is 13.1 Å². The number of nitrogens with zero attached hydrogens (tertiary/aromatic N) is 1. The molecule has 2 heterocycles. The van der Waals surface area contributed by atoms with Gasteiger partial charge in [0.15, 0.2) is 0 Å². The van der Waals surface area contributed by atoms with Crippen LogP contribution in [-0.4, -0.2) is 41.7 Å². The number of aliphatic hydroxyl groups excluding tert-OH is 1. The minimum atomic E-state index is 0. The maximum Gasteiger partial charge on any atom is 0.253 e. The predicted molar refractivity (Wildman–Crippen MR) is 99.3 cm³/mol. The summed E-state index contributed by atoms with van der Waals surface area (Å²) in [6.07, 6.45) is 1.85. The summed E-state index contributed by atoms with van der Waals surface area (Å²) in [6.45, 7) is 2.47. The summed E-state index contributed by atoms with van der Waals surface area (Å²) in [6, 6.07) is 6.19. The van der Waals surface area contributed by atoms with Gasteiger partial charge in [0.25, 0.3) is 5.56 Å². The summed E-state index contributed by atoms with van der Waals surface area (Å²) < 4.78 is 0. The zero-order chi connectivity index (χ0) is 14.8. The number of H-pyrrole nitrogens is 1. The van der Waals surface area contributed by atoms with Crippen LogP contribution in [0.5, 0.6) is 0 Å². The van der Waals surface area contributed by atoms with Crippen molar-refractivity contribution >= 4 is 41.4 Å². The van der Waals surface area contributed by atoms with Crippen molar-refractivity contribution in [2.75, 3.05) is 32.1 Å². The van der Waals surface area contributed by atoms with E-state index in [4.69, 9.17) is 5.11 Å². The Hall–Kier alpha value is -1.27. The maximum absolute atomic E-state index is 12.2. The van der Waals surface area contributed by atoms with Crippen LogP contribution in [0.1, 0.15) is 17.5 Å². The third-order valence-corrected chi connectivity index (χ3v) is 4.02. The van der Waals surface area contributed by atoms with Gasteiger partial charge in [0.1, 0.15) is 0 Å². The number of aromatic amines is 1. The molecule has 2 aromatic rings. The molecule has 1 aromatic heterocycles. The third-order valence-electron chi connectivity index (χ3n) is 4.02. The van der Waals surface area contributed by atoms with Gasteiger partial charge in [-0.3, -0.25) is 9.69 Å². The zero-order valence-corrected chi connectivity index (χ0v) is 14.7. The summed E-state index contributed by atoms with van der Waals surface area (Å²) in [5.74, 6) is 0. The minimum Gasteiger partial charge on any atom is -0.395 e. The first-order valence-corrected chi connectivity index (χ1v) is 7.40. The second kappa shape index (κ2) is 8.55. The molecule has 0 fully saturated rings. The zero-order valence-electron chi connectivity index (χ0n) is 13.1. The highest BCUT2D eigenvalue weighted by molar-refractivity contribution is 5.93. The number of benzene rings is 1. The van der Waals surface area contributed by atoms with Crippen LogP contribution >= 0.6 is 24.8 Å². The van der Waals surface area contributed by atoms with Crippen LogP contribution in [0.4, 0.5) is 5.69 Å². The molecule has 0 bridgehead atoms. The molecule has 7 heteroatoms. The molecule has 128 valence electrons. The molecule has 3 rings (SSSR count). The fourth-order valence-electron chi connectivity index (χ4n) is 2.97. The fourth-order valence-corrected chi connectivity index (χ4v) is 2.97. The van der Waals surface area contributed by atoms with Crippen molar-refractivity contribution in [2.24, 2.45) is 0 Å². The number of nitrogens with one attached hydrogen (secondary N) is 2. The average molecular weight is 360 g/mol. The number of hydrogen-bond donors (Lipinski definition) is 3. The number of rotatable bonds is 4. The second-order valence-corrected chi connectivity index (χ2v) is 5.68. The van der Waals surface area contributed by atoms with E-state index < -0.39 is 0 Å². The highest BCUT2D eigenvalue weighted by Crippen LogP contribution is 2.28. The lowest BCUT2D eigenvalue weighted by atomic mass is 10.0. The number of anilines is 1. The molecule has 1 aliphatic rings. The van der Waals surface area contributed by atoms with Crippen molar-refractivity contribution in [1.82, 2.24) is 9.88 Å². The summed E-state index contributed by atoms with van der Waals surface area (Å²) >= 11 is 0. The van der Waals surface area contributed by atoms with E-state index in [2.05, 4.69) is 27.3 Å². The molecule has 1 aliphatic heterocycles. The highest BCUT2D eigenvalue weighted by Gasteiger charge is 2.16. The maximum atomic E-state index is 12.2. The van der Waals surface area contributed by atoms with Crippen molar-refractivity contribution in [3.8, 4) is 0 Å². The Balaban J connectivity index is 0.00000132. The average Bonchev–Trinajstić information content (AvgIpc) is 2.47. The number of halogens is 2. The van der Waals surface area contributed by atoms with Gasteiger partial charge in [-0.25, -0.2) is 0 Å². The first-order valence-electron chi connectivity index (χ1n) is 7.40. The van der Waals surface area contributed by atoms with E-state index in [0.29, 0.717) is 6.54 Å². The lowest BCUT2D eigenvalue weighted by Gasteiger charge is -2.20. The lowest BCUT2D eigenvalue weighted by Crippen LogP contribution is -2.23. The predicted octanol–water partition coefficient (Wildman–Crippen LogP) is 2.15. The van der Waals surface area contributed by atoms with Crippen LogP contribution in [0.3, 0.4) is 0 Å². The van der Waals surface area contributed by atoms with E-state index in [-0.39, 0.29) is 37.0 Å². The van der Waals surface area contributed by atoms with Gasteiger partial charge in [-0.05, 0) is 31.5 Å². The topological polar surface area (TPSA) is 68.4 Å². The number of fused-ring (bicyclic) bond motifs is 3. The molecule has 0 unspecified atom stereocenters. The van der Waals surface area contributed by atoms with Crippen LogP contribution in [0, 0.1) is 0 Å². The summed E-state index contributed by atoms with van der Waals surface area (Å²) in [5.41, 5.74) is 3.90. The Bertz CT molecular complexity index is 718. The van der Waals surface area contributed by atoms with Crippen molar-refractivity contribution < 1.29 is 5.11 Å². The fraction of sp³-hybridized carbons (Fsp3) is 0.438. The Morgan fingerprint density at radius 3 is 2.83 bits per heavy atom. The molecule has 23 heavy (non-hydrogen) atoms. The Kier molecular flexibility index (Phi) is 7.35.